The molecule has 1 aromatic heterocycles. The van der Waals surface area contributed by atoms with E-state index < -0.39 is 5.82 Å². The van der Waals surface area contributed by atoms with E-state index in [0.29, 0.717) is 16.9 Å². The Morgan fingerprint density at radius 1 is 1.30 bits per heavy atom. The molecule has 1 amide bonds. The van der Waals surface area contributed by atoms with E-state index >= 15 is 0 Å². The van der Waals surface area contributed by atoms with Crippen molar-refractivity contribution < 1.29 is 9.18 Å². The summed E-state index contributed by atoms with van der Waals surface area (Å²) in [6, 6.07) is 13.4. The highest BCUT2D eigenvalue weighted by Crippen LogP contribution is 2.23. The number of nitrogens with one attached hydrogen (secondary N) is 2. The number of hydrogen-bond acceptors (Lipinski definition) is 2. The first-order valence-corrected chi connectivity index (χ1v) is 7.21. The maximum Gasteiger partial charge on any atom is 0.228 e. The van der Waals surface area contributed by atoms with Gasteiger partial charge in [0.1, 0.15) is 17.6 Å². The molecule has 0 aliphatic carbocycles. The molecule has 0 spiro atoms. The Morgan fingerprint density at radius 3 is 2.83 bits per heavy atom. The van der Waals surface area contributed by atoms with Crippen LogP contribution in [0.3, 0.4) is 0 Å². The van der Waals surface area contributed by atoms with Crippen LogP contribution < -0.4 is 5.32 Å². The van der Waals surface area contributed by atoms with Crippen molar-refractivity contribution in [2.75, 3.05) is 5.32 Å². The van der Waals surface area contributed by atoms with Crippen molar-refractivity contribution in [3.8, 4) is 6.07 Å². The highest BCUT2D eigenvalue weighted by atomic mass is 35.5. The fourth-order valence-electron chi connectivity index (χ4n) is 2.42. The van der Waals surface area contributed by atoms with Crippen molar-refractivity contribution in [3.63, 3.8) is 0 Å². The molecule has 0 bridgehead atoms. The molecule has 0 unspecified atom stereocenters. The number of nitriles is 1. The minimum absolute atomic E-state index is 0.0297. The number of aromatic amines is 1. The summed E-state index contributed by atoms with van der Waals surface area (Å²) in [7, 11) is 0. The average molecular weight is 328 g/mol. The predicted molar refractivity (Wildman–Crippen MR) is 86.8 cm³/mol. The van der Waals surface area contributed by atoms with Gasteiger partial charge in [-0.05, 0) is 24.3 Å². The second-order valence-electron chi connectivity index (χ2n) is 4.99. The Balaban J connectivity index is 1.85. The van der Waals surface area contributed by atoms with Gasteiger partial charge in [0.15, 0.2) is 0 Å². The van der Waals surface area contributed by atoms with Crippen molar-refractivity contribution in [3.05, 3.63) is 64.6 Å². The van der Waals surface area contributed by atoms with Crippen LogP contribution in [0, 0.1) is 17.1 Å². The average Bonchev–Trinajstić information content (AvgIpc) is 2.89. The normalized spacial score (nSPS) is 10.5. The van der Waals surface area contributed by atoms with E-state index in [1.807, 2.05) is 24.3 Å². The molecular weight excluding hydrogens is 317 g/mol. The summed E-state index contributed by atoms with van der Waals surface area (Å²) in [5.74, 6) is -0.859. The number of hydrogen-bond donors (Lipinski definition) is 2. The zero-order valence-corrected chi connectivity index (χ0v) is 12.6. The molecule has 3 rings (SSSR count). The fourth-order valence-corrected chi connectivity index (χ4v) is 2.60. The maximum absolute atomic E-state index is 13.1. The third-order valence-electron chi connectivity index (χ3n) is 3.47. The molecule has 0 saturated carbocycles. The third kappa shape index (κ3) is 3.03. The number of carbonyl (C=O) groups excluding carboxylic acids is 1. The molecule has 3 aromatic rings. The van der Waals surface area contributed by atoms with Gasteiger partial charge in [-0.15, -0.1) is 0 Å². The van der Waals surface area contributed by atoms with Gasteiger partial charge >= 0.3 is 0 Å². The number of benzene rings is 2. The molecule has 0 saturated heterocycles. The highest BCUT2D eigenvalue weighted by molar-refractivity contribution is 6.31. The van der Waals surface area contributed by atoms with Crippen molar-refractivity contribution in [1.29, 1.82) is 5.26 Å². The quantitative estimate of drug-likeness (QED) is 0.763. The van der Waals surface area contributed by atoms with Gasteiger partial charge in [0.05, 0.1) is 11.4 Å². The number of H-pyrrole nitrogens is 1. The number of carbonyl (C=O) groups is 1. The predicted octanol–water partition coefficient (Wildman–Crippen LogP) is 4.01. The Hall–Kier alpha value is -2.84. The van der Waals surface area contributed by atoms with Gasteiger partial charge in [-0.1, -0.05) is 29.8 Å². The second kappa shape index (κ2) is 6.11. The van der Waals surface area contributed by atoms with Gasteiger partial charge in [-0.3, -0.25) is 4.79 Å². The van der Waals surface area contributed by atoms with E-state index in [0.717, 1.165) is 10.9 Å². The van der Waals surface area contributed by atoms with Gasteiger partial charge in [0.2, 0.25) is 5.91 Å². The van der Waals surface area contributed by atoms with Gasteiger partial charge in [-0.25, -0.2) is 4.39 Å². The first-order valence-electron chi connectivity index (χ1n) is 6.83. The largest absolute Gasteiger partial charge is 0.346 e. The van der Waals surface area contributed by atoms with Crippen molar-refractivity contribution >= 4 is 34.1 Å². The first-order chi connectivity index (χ1) is 11.1. The second-order valence-corrected chi connectivity index (χ2v) is 5.40. The van der Waals surface area contributed by atoms with Crippen LogP contribution in [0.2, 0.25) is 5.02 Å². The lowest BCUT2D eigenvalue weighted by molar-refractivity contribution is -0.115. The lowest BCUT2D eigenvalue weighted by atomic mass is 10.1. The van der Waals surface area contributed by atoms with Crippen LogP contribution in [0.15, 0.2) is 42.5 Å². The molecule has 0 radical (unpaired) electrons. The lowest BCUT2D eigenvalue weighted by Crippen LogP contribution is -2.14. The highest BCUT2D eigenvalue weighted by Gasteiger charge is 2.15. The van der Waals surface area contributed by atoms with E-state index in [2.05, 4.69) is 16.4 Å². The zero-order valence-electron chi connectivity index (χ0n) is 11.9. The van der Waals surface area contributed by atoms with Crippen LogP contribution in [0.25, 0.3) is 10.9 Å². The van der Waals surface area contributed by atoms with Gasteiger partial charge in [-0.2, -0.15) is 5.26 Å². The van der Waals surface area contributed by atoms with Crippen LogP contribution in [0.5, 0.6) is 0 Å². The fraction of sp³-hybridized carbons (Fsp3) is 0.0588. The molecule has 2 aromatic carbocycles. The van der Waals surface area contributed by atoms with E-state index in [4.69, 9.17) is 11.6 Å². The summed E-state index contributed by atoms with van der Waals surface area (Å²) in [6.45, 7) is 0. The summed E-state index contributed by atoms with van der Waals surface area (Å²) in [4.78, 5) is 15.2. The number of rotatable bonds is 3. The molecule has 4 nitrogen and oxygen atoms in total. The molecule has 114 valence electrons. The third-order valence-corrected chi connectivity index (χ3v) is 3.76. The van der Waals surface area contributed by atoms with E-state index in [-0.39, 0.29) is 17.4 Å². The molecule has 23 heavy (non-hydrogen) atoms. The number of halogens is 2. The van der Waals surface area contributed by atoms with Gasteiger partial charge in [0, 0.05) is 22.2 Å². The lowest BCUT2D eigenvalue weighted by Gasteiger charge is -2.06. The van der Waals surface area contributed by atoms with Gasteiger partial charge in [0.25, 0.3) is 0 Å². The van der Waals surface area contributed by atoms with Crippen LogP contribution in [-0.2, 0) is 11.2 Å². The number of fused-ring (bicyclic) bond motifs is 1. The Bertz CT molecular complexity index is 943. The Labute approximate surface area is 136 Å². The van der Waals surface area contributed by atoms with Crippen LogP contribution in [-0.4, -0.2) is 10.9 Å². The van der Waals surface area contributed by atoms with Crippen molar-refractivity contribution in [1.82, 2.24) is 4.98 Å². The van der Waals surface area contributed by atoms with E-state index in [1.54, 1.807) is 0 Å². The van der Waals surface area contributed by atoms with E-state index in [9.17, 15) is 14.4 Å². The van der Waals surface area contributed by atoms with E-state index in [1.165, 1.54) is 18.2 Å². The molecule has 0 aliphatic rings. The molecular formula is C17H11ClFN3O. The topological polar surface area (TPSA) is 68.7 Å². The summed E-state index contributed by atoms with van der Waals surface area (Å²) in [6.07, 6.45) is 0.0297. The Morgan fingerprint density at radius 2 is 2.09 bits per heavy atom. The minimum Gasteiger partial charge on any atom is -0.346 e. The summed E-state index contributed by atoms with van der Waals surface area (Å²) in [5.41, 5.74) is 2.20. The summed E-state index contributed by atoms with van der Waals surface area (Å²) >= 11 is 5.69. The van der Waals surface area contributed by atoms with Crippen LogP contribution in [0.4, 0.5) is 10.1 Å². The van der Waals surface area contributed by atoms with Crippen LogP contribution >= 0.6 is 11.6 Å². The number of para-hydroxylation sites is 1. The standard InChI is InChI=1S/C17H11ClFN3O/c18-13-7-10(5-6-14(13)19)21-17(23)8-12-11-3-1-2-4-15(11)22-16(12)9-20/h1-7,22H,8H2,(H,21,23). The zero-order chi connectivity index (χ0) is 16.4. The summed E-state index contributed by atoms with van der Waals surface area (Å²) < 4.78 is 13.1. The number of nitrogens with zero attached hydrogens (tertiary/aromatic N) is 1. The maximum atomic E-state index is 13.1. The molecule has 6 heteroatoms. The first kappa shape index (κ1) is 15.1. The number of amides is 1. The molecule has 0 aliphatic heterocycles. The molecule has 0 fully saturated rings. The SMILES string of the molecule is N#Cc1[nH]c2ccccc2c1CC(=O)Nc1ccc(F)c(Cl)c1. The summed E-state index contributed by atoms with van der Waals surface area (Å²) in [5, 5.41) is 12.6. The molecule has 0 atom stereocenters. The number of aromatic nitrogens is 1. The minimum atomic E-state index is -0.548. The molecule has 2 N–H and O–H groups in total. The number of anilines is 1. The van der Waals surface area contributed by atoms with Crippen molar-refractivity contribution in [2.45, 2.75) is 6.42 Å². The van der Waals surface area contributed by atoms with Crippen LogP contribution in [0.1, 0.15) is 11.3 Å². The molecule has 1 heterocycles. The smallest absolute Gasteiger partial charge is 0.228 e. The Kier molecular flexibility index (Phi) is 4.00. The monoisotopic (exact) mass is 327 g/mol. The van der Waals surface area contributed by atoms with Gasteiger partial charge < -0.3 is 10.3 Å². The van der Waals surface area contributed by atoms with Crippen molar-refractivity contribution in [2.24, 2.45) is 0 Å².